The van der Waals surface area contributed by atoms with Crippen molar-refractivity contribution in [3.8, 4) is 5.75 Å². The number of hydrogen-bond acceptors (Lipinski definition) is 4. The molecule has 1 N–H and O–H groups in total. The molecular formula is C18H19Cl2N5O2. The van der Waals surface area contributed by atoms with Crippen LogP contribution < -0.4 is 10.1 Å². The molecule has 0 aliphatic rings. The van der Waals surface area contributed by atoms with Gasteiger partial charge in [0.2, 0.25) is 0 Å². The molecule has 3 rings (SSSR count). The first-order valence-electron chi connectivity index (χ1n) is 8.38. The van der Waals surface area contributed by atoms with E-state index in [1.165, 1.54) is 4.68 Å². The van der Waals surface area contributed by atoms with Crippen LogP contribution in [0.5, 0.6) is 5.75 Å². The topological polar surface area (TPSA) is 74.0 Å². The second kappa shape index (κ2) is 8.45. The SMILES string of the molecule is CCn1cc(Cl)c(CNC(=O)c2ccn(COc3ccc(Cl)c(C)c3)n2)n1. The molecule has 27 heavy (non-hydrogen) atoms. The third kappa shape index (κ3) is 4.81. The monoisotopic (exact) mass is 407 g/mol. The van der Waals surface area contributed by atoms with Crippen LogP contribution in [0.4, 0.5) is 0 Å². The summed E-state index contributed by atoms with van der Waals surface area (Å²) in [6.45, 7) is 5.00. The van der Waals surface area contributed by atoms with Gasteiger partial charge in [-0.3, -0.25) is 9.48 Å². The summed E-state index contributed by atoms with van der Waals surface area (Å²) in [4.78, 5) is 12.3. The van der Waals surface area contributed by atoms with E-state index in [1.807, 2.05) is 19.9 Å². The van der Waals surface area contributed by atoms with Gasteiger partial charge in [-0.25, -0.2) is 4.68 Å². The van der Waals surface area contributed by atoms with Crippen molar-refractivity contribution in [2.24, 2.45) is 0 Å². The van der Waals surface area contributed by atoms with Gasteiger partial charge in [-0.15, -0.1) is 0 Å². The molecule has 0 aliphatic heterocycles. The number of benzene rings is 1. The Kier molecular flexibility index (Phi) is 6.03. The first kappa shape index (κ1) is 19.3. The van der Waals surface area contributed by atoms with Gasteiger partial charge in [-0.2, -0.15) is 10.2 Å². The zero-order chi connectivity index (χ0) is 19.4. The van der Waals surface area contributed by atoms with Crippen molar-refractivity contribution in [3.05, 3.63) is 63.7 Å². The lowest BCUT2D eigenvalue weighted by Crippen LogP contribution is -2.24. The average Bonchev–Trinajstić information content (AvgIpc) is 3.27. The molecular weight excluding hydrogens is 389 g/mol. The fourth-order valence-corrected chi connectivity index (χ4v) is 2.71. The van der Waals surface area contributed by atoms with E-state index in [2.05, 4.69) is 15.5 Å². The second-order valence-corrected chi connectivity index (χ2v) is 6.70. The number of aromatic nitrogens is 4. The molecule has 7 nitrogen and oxygen atoms in total. The molecule has 0 saturated carbocycles. The van der Waals surface area contributed by atoms with Gasteiger partial charge in [0.25, 0.3) is 5.91 Å². The number of hydrogen-bond donors (Lipinski definition) is 1. The van der Waals surface area contributed by atoms with Gasteiger partial charge in [0, 0.05) is 24.0 Å². The van der Waals surface area contributed by atoms with Crippen molar-refractivity contribution in [3.63, 3.8) is 0 Å². The highest BCUT2D eigenvalue weighted by Crippen LogP contribution is 2.21. The van der Waals surface area contributed by atoms with E-state index in [4.69, 9.17) is 27.9 Å². The zero-order valence-electron chi connectivity index (χ0n) is 14.9. The Balaban J connectivity index is 1.55. The molecule has 0 fully saturated rings. The van der Waals surface area contributed by atoms with Crippen LogP contribution >= 0.6 is 23.2 Å². The summed E-state index contributed by atoms with van der Waals surface area (Å²) in [5.41, 5.74) is 1.84. The van der Waals surface area contributed by atoms with Gasteiger partial charge in [-0.1, -0.05) is 23.2 Å². The normalized spacial score (nSPS) is 10.8. The minimum absolute atomic E-state index is 0.182. The summed E-state index contributed by atoms with van der Waals surface area (Å²) in [6, 6.07) is 7.03. The van der Waals surface area contributed by atoms with Crippen molar-refractivity contribution < 1.29 is 9.53 Å². The number of carbonyl (C=O) groups excluding carboxylic acids is 1. The van der Waals surface area contributed by atoms with E-state index in [0.29, 0.717) is 28.0 Å². The predicted molar refractivity (Wildman–Crippen MR) is 103 cm³/mol. The highest BCUT2D eigenvalue weighted by Gasteiger charge is 2.12. The van der Waals surface area contributed by atoms with Crippen molar-refractivity contribution in [1.82, 2.24) is 24.9 Å². The summed E-state index contributed by atoms with van der Waals surface area (Å²) in [6.07, 6.45) is 3.41. The number of halogens is 2. The van der Waals surface area contributed by atoms with Crippen LogP contribution in [0.25, 0.3) is 0 Å². The first-order valence-corrected chi connectivity index (χ1v) is 9.14. The van der Waals surface area contributed by atoms with Crippen LogP contribution in [0.15, 0.2) is 36.7 Å². The minimum Gasteiger partial charge on any atom is -0.471 e. The van der Waals surface area contributed by atoms with Crippen molar-refractivity contribution in [2.75, 3.05) is 0 Å². The van der Waals surface area contributed by atoms with E-state index in [1.54, 1.807) is 35.3 Å². The van der Waals surface area contributed by atoms with Gasteiger partial charge in [0.15, 0.2) is 6.73 Å². The molecule has 9 heteroatoms. The van der Waals surface area contributed by atoms with Gasteiger partial charge in [0.1, 0.15) is 17.1 Å². The number of rotatable bonds is 7. The van der Waals surface area contributed by atoms with E-state index in [0.717, 1.165) is 5.56 Å². The Morgan fingerprint density at radius 1 is 1.19 bits per heavy atom. The number of nitrogens with one attached hydrogen (secondary N) is 1. The lowest BCUT2D eigenvalue weighted by molar-refractivity contribution is 0.0943. The smallest absolute Gasteiger partial charge is 0.272 e. The maximum absolute atomic E-state index is 12.3. The van der Waals surface area contributed by atoms with Crippen LogP contribution in [0, 0.1) is 6.92 Å². The molecule has 0 unspecified atom stereocenters. The largest absolute Gasteiger partial charge is 0.471 e. The highest BCUT2D eigenvalue weighted by atomic mass is 35.5. The Morgan fingerprint density at radius 3 is 2.70 bits per heavy atom. The second-order valence-electron chi connectivity index (χ2n) is 5.89. The average molecular weight is 408 g/mol. The molecule has 0 radical (unpaired) electrons. The summed E-state index contributed by atoms with van der Waals surface area (Å²) >= 11 is 12.1. The van der Waals surface area contributed by atoms with Gasteiger partial charge in [-0.05, 0) is 43.7 Å². The number of ether oxygens (including phenoxy) is 1. The lowest BCUT2D eigenvalue weighted by atomic mass is 10.2. The molecule has 3 aromatic rings. The number of aryl methyl sites for hydroxylation is 2. The number of carbonyl (C=O) groups is 1. The van der Waals surface area contributed by atoms with Gasteiger partial charge >= 0.3 is 0 Å². The third-order valence-corrected chi connectivity index (χ3v) is 4.63. The molecule has 1 aromatic carbocycles. The summed E-state index contributed by atoms with van der Waals surface area (Å²) < 4.78 is 8.92. The zero-order valence-corrected chi connectivity index (χ0v) is 16.5. The van der Waals surface area contributed by atoms with E-state index in [9.17, 15) is 4.79 Å². The summed E-state index contributed by atoms with van der Waals surface area (Å²) in [5.74, 6) is 0.373. The van der Waals surface area contributed by atoms with Gasteiger partial charge < -0.3 is 10.1 Å². The minimum atomic E-state index is -0.307. The molecule has 0 atom stereocenters. The summed E-state index contributed by atoms with van der Waals surface area (Å²) in [5, 5.41) is 12.5. The quantitative estimate of drug-likeness (QED) is 0.647. The maximum atomic E-state index is 12.3. The Hall–Kier alpha value is -2.51. The van der Waals surface area contributed by atoms with Crippen molar-refractivity contribution in [2.45, 2.75) is 33.7 Å². The highest BCUT2D eigenvalue weighted by molar-refractivity contribution is 6.31. The molecule has 0 saturated heterocycles. The molecule has 0 spiro atoms. The molecule has 0 aliphatic carbocycles. The fraction of sp³-hybridized carbons (Fsp3) is 0.278. The van der Waals surface area contributed by atoms with Crippen molar-refractivity contribution in [1.29, 1.82) is 0 Å². The van der Waals surface area contributed by atoms with Crippen molar-refractivity contribution >= 4 is 29.1 Å². The Morgan fingerprint density at radius 2 is 2.00 bits per heavy atom. The molecule has 1 amide bonds. The molecule has 2 aromatic heterocycles. The van der Waals surface area contributed by atoms with Crippen LogP contribution in [0.3, 0.4) is 0 Å². The van der Waals surface area contributed by atoms with Gasteiger partial charge in [0.05, 0.1) is 11.6 Å². The number of amides is 1. The fourth-order valence-electron chi connectivity index (χ4n) is 2.38. The Labute approximate surface area is 166 Å². The molecule has 2 heterocycles. The maximum Gasteiger partial charge on any atom is 0.272 e. The van der Waals surface area contributed by atoms with Crippen LogP contribution in [-0.2, 0) is 19.8 Å². The number of nitrogens with zero attached hydrogens (tertiary/aromatic N) is 4. The van der Waals surface area contributed by atoms with Crippen LogP contribution in [0.1, 0.15) is 28.7 Å². The van der Waals surface area contributed by atoms with Crippen LogP contribution in [0.2, 0.25) is 10.0 Å². The third-order valence-electron chi connectivity index (χ3n) is 3.89. The van der Waals surface area contributed by atoms with E-state index in [-0.39, 0.29) is 24.9 Å². The van der Waals surface area contributed by atoms with E-state index >= 15 is 0 Å². The molecule has 142 valence electrons. The molecule has 0 bridgehead atoms. The standard InChI is InChI=1S/C18H19Cl2N5O2/c1-3-24-10-15(20)17(23-24)9-21-18(26)16-6-7-25(22-16)11-27-13-4-5-14(19)12(2)8-13/h4-8,10H,3,9,11H2,1-2H3,(H,21,26). The lowest BCUT2D eigenvalue weighted by Gasteiger charge is -2.07. The first-order chi connectivity index (χ1) is 13.0. The van der Waals surface area contributed by atoms with Crippen LogP contribution in [-0.4, -0.2) is 25.5 Å². The predicted octanol–water partition coefficient (Wildman–Crippen LogP) is 3.68. The van der Waals surface area contributed by atoms with E-state index < -0.39 is 0 Å². The Bertz CT molecular complexity index is 951. The summed E-state index contributed by atoms with van der Waals surface area (Å²) in [7, 11) is 0.